The number of hydrogen-bond acceptors (Lipinski definition) is 5. The van der Waals surface area contributed by atoms with Crippen molar-refractivity contribution in [2.45, 2.75) is 32.9 Å². The molecule has 1 aromatic carbocycles. The van der Waals surface area contributed by atoms with Gasteiger partial charge in [0, 0.05) is 11.7 Å². The first kappa shape index (κ1) is 19.6. The monoisotopic (exact) mass is 331 g/mol. The molecule has 1 amide bonds. The van der Waals surface area contributed by atoms with E-state index in [1.165, 1.54) is 0 Å². The highest BCUT2D eigenvalue weighted by molar-refractivity contribution is 5.83. The number of hydroxylamine groups is 1. The normalized spacial score (nSPS) is 12.6. The predicted octanol–water partition coefficient (Wildman–Crippen LogP) is 1.51. The highest BCUT2D eigenvalue weighted by Crippen LogP contribution is 2.17. The van der Waals surface area contributed by atoms with Crippen molar-refractivity contribution >= 4 is 11.6 Å². The Labute approximate surface area is 143 Å². The fraction of sp³-hybridized carbons (Fsp3) is 0.389. The largest absolute Gasteiger partial charge is 0.481 e. The van der Waals surface area contributed by atoms with Gasteiger partial charge in [-0.2, -0.15) is 0 Å². The molecule has 6 heteroatoms. The minimum atomic E-state index is -0.793. The number of carbonyl (C=O) groups excluding carboxylic acids is 1. The maximum Gasteiger partial charge on any atom is 0.267 e. The topological polar surface area (TPSA) is 96.6 Å². The van der Waals surface area contributed by atoms with Gasteiger partial charge in [0.1, 0.15) is 18.4 Å². The van der Waals surface area contributed by atoms with Crippen molar-refractivity contribution in [3.05, 3.63) is 36.4 Å². The lowest BCUT2D eigenvalue weighted by molar-refractivity contribution is -0.131. The number of nitrogens with one attached hydrogen (secondary N) is 2. The molecule has 0 aliphatic heterocycles. The summed E-state index contributed by atoms with van der Waals surface area (Å²) in [5.74, 6) is 5.71. The Hall–Kier alpha value is -2.49. The van der Waals surface area contributed by atoms with Gasteiger partial charge in [-0.1, -0.05) is 26.3 Å². The maximum atomic E-state index is 11.8. The Kier molecular flexibility index (Phi) is 7.83. The van der Waals surface area contributed by atoms with E-state index in [0.29, 0.717) is 18.1 Å². The summed E-state index contributed by atoms with van der Waals surface area (Å²) in [5, 5.41) is 11.9. The van der Waals surface area contributed by atoms with Crippen LogP contribution >= 0.6 is 0 Å². The van der Waals surface area contributed by atoms with E-state index in [4.69, 9.17) is 15.7 Å². The number of nitrogens with two attached hydrogens (primary N) is 1. The van der Waals surface area contributed by atoms with E-state index in [9.17, 15) is 4.79 Å². The Morgan fingerprint density at radius 2 is 2.00 bits per heavy atom. The molecule has 1 aromatic rings. The van der Waals surface area contributed by atoms with Crippen molar-refractivity contribution < 1.29 is 14.7 Å². The minimum Gasteiger partial charge on any atom is -0.481 e. The van der Waals surface area contributed by atoms with Crippen LogP contribution in [0.2, 0.25) is 0 Å². The van der Waals surface area contributed by atoms with Crippen molar-refractivity contribution in [3.63, 3.8) is 0 Å². The average molecular weight is 331 g/mol. The van der Waals surface area contributed by atoms with Gasteiger partial charge in [-0.25, -0.2) is 5.48 Å². The summed E-state index contributed by atoms with van der Waals surface area (Å²) in [6.07, 6.45) is 0. The van der Waals surface area contributed by atoms with Gasteiger partial charge in [0.2, 0.25) is 0 Å². The molecule has 0 heterocycles. The lowest BCUT2D eigenvalue weighted by atomic mass is 9.96. The van der Waals surface area contributed by atoms with E-state index >= 15 is 0 Å². The van der Waals surface area contributed by atoms with Crippen LogP contribution in [0, 0.1) is 17.8 Å². The first-order valence-corrected chi connectivity index (χ1v) is 7.68. The lowest BCUT2D eigenvalue weighted by Gasteiger charge is -2.27. The van der Waals surface area contributed by atoms with E-state index in [1.54, 1.807) is 24.5 Å². The Balaban J connectivity index is 2.79. The van der Waals surface area contributed by atoms with Crippen molar-refractivity contribution in [2.24, 2.45) is 11.7 Å². The van der Waals surface area contributed by atoms with Gasteiger partial charge >= 0.3 is 0 Å². The summed E-state index contributed by atoms with van der Waals surface area (Å²) in [7, 11) is 0. The van der Waals surface area contributed by atoms with Gasteiger partial charge in [0.05, 0.1) is 0 Å². The van der Waals surface area contributed by atoms with Crippen molar-refractivity contribution in [1.29, 1.82) is 0 Å². The van der Waals surface area contributed by atoms with E-state index < -0.39 is 18.0 Å². The molecule has 0 aliphatic carbocycles. The zero-order chi connectivity index (χ0) is 18.1. The third-order valence-corrected chi connectivity index (χ3v) is 3.57. The molecule has 0 aromatic heterocycles. The Bertz CT molecular complexity index is 615. The SMILES string of the molecule is C=C(N[C@H](C(=O)NO)[C@H](N)C(C)C)c1ccc(OCC#CC)cc1. The second-order valence-corrected chi connectivity index (χ2v) is 5.64. The molecular formula is C18H25N3O3. The Morgan fingerprint density at radius 1 is 1.38 bits per heavy atom. The van der Waals surface area contributed by atoms with Gasteiger partial charge in [-0.15, -0.1) is 5.92 Å². The Morgan fingerprint density at radius 3 is 2.50 bits per heavy atom. The predicted molar refractivity (Wildman–Crippen MR) is 94.1 cm³/mol. The second kappa shape index (κ2) is 9.60. The van der Waals surface area contributed by atoms with Crippen molar-refractivity contribution in [3.8, 4) is 17.6 Å². The third-order valence-electron chi connectivity index (χ3n) is 3.57. The van der Waals surface area contributed by atoms with E-state index in [-0.39, 0.29) is 5.92 Å². The lowest BCUT2D eigenvalue weighted by Crippen LogP contribution is -2.55. The molecule has 130 valence electrons. The fourth-order valence-electron chi connectivity index (χ4n) is 2.01. The van der Waals surface area contributed by atoms with Crippen LogP contribution in [-0.2, 0) is 4.79 Å². The fourth-order valence-corrected chi connectivity index (χ4v) is 2.01. The van der Waals surface area contributed by atoms with Gasteiger partial charge in [0.25, 0.3) is 5.91 Å². The molecule has 1 rings (SSSR count). The molecule has 6 nitrogen and oxygen atoms in total. The molecule has 0 unspecified atom stereocenters. The summed E-state index contributed by atoms with van der Waals surface area (Å²) >= 11 is 0. The zero-order valence-electron chi connectivity index (χ0n) is 14.3. The molecule has 0 saturated carbocycles. The van der Waals surface area contributed by atoms with Crippen LogP contribution in [0.4, 0.5) is 0 Å². The van der Waals surface area contributed by atoms with Gasteiger partial charge in [-0.05, 0) is 42.7 Å². The summed E-state index contributed by atoms with van der Waals surface area (Å²) in [4.78, 5) is 11.8. The molecule has 0 aliphatic rings. The summed E-state index contributed by atoms with van der Waals surface area (Å²) in [6, 6.07) is 5.95. The standard InChI is InChI=1S/C18H25N3O3/c1-5-6-11-24-15-9-7-14(8-10-15)13(4)20-17(18(22)21-23)16(19)12(2)3/h7-10,12,16-17,20,23H,4,11,19H2,1-3H3,(H,21,22)/t16-,17+/m1/s1. The third kappa shape index (κ3) is 5.61. The molecule has 0 radical (unpaired) electrons. The number of ether oxygens (including phenoxy) is 1. The molecule has 0 spiro atoms. The van der Waals surface area contributed by atoms with Gasteiger partial charge < -0.3 is 15.8 Å². The number of benzene rings is 1. The molecule has 5 N–H and O–H groups in total. The van der Waals surface area contributed by atoms with Crippen LogP contribution in [0.15, 0.2) is 30.8 Å². The number of carbonyl (C=O) groups is 1. The van der Waals surface area contributed by atoms with Crippen LogP contribution in [0.5, 0.6) is 5.75 Å². The highest BCUT2D eigenvalue weighted by Gasteiger charge is 2.28. The highest BCUT2D eigenvalue weighted by atomic mass is 16.5. The zero-order valence-corrected chi connectivity index (χ0v) is 14.3. The maximum absolute atomic E-state index is 11.8. The van der Waals surface area contributed by atoms with E-state index in [2.05, 4.69) is 23.7 Å². The van der Waals surface area contributed by atoms with Gasteiger partial charge in [-0.3, -0.25) is 10.0 Å². The molecular weight excluding hydrogens is 306 g/mol. The second-order valence-electron chi connectivity index (χ2n) is 5.64. The van der Waals surface area contributed by atoms with E-state index in [0.717, 1.165) is 5.56 Å². The van der Waals surface area contributed by atoms with Crippen LogP contribution in [0.25, 0.3) is 5.70 Å². The van der Waals surface area contributed by atoms with Crippen LogP contribution in [0.3, 0.4) is 0 Å². The molecule has 0 fully saturated rings. The van der Waals surface area contributed by atoms with Crippen LogP contribution < -0.4 is 21.3 Å². The van der Waals surface area contributed by atoms with Crippen LogP contribution in [0.1, 0.15) is 26.3 Å². The quantitative estimate of drug-likeness (QED) is 0.329. The number of rotatable bonds is 8. The summed E-state index contributed by atoms with van der Waals surface area (Å²) in [6.45, 7) is 9.82. The first-order valence-electron chi connectivity index (χ1n) is 7.68. The number of hydrogen-bond donors (Lipinski definition) is 4. The molecule has 0 saturated heterocycles. The van der Waals surface area contributed by atoms with Gasteiger partial charge in [0.15, 0.2) is 0 Å². The minimum absolute atomic E-state index is 0.0445. The average Bonchev–Trinajstić information content (AvgIpc) is 2.58. The van der Waals surface area contributed by atoms with Crippen molar-refractivity contribution in [1.82, 2.24) is 10.8 Å². The molecule has 0 bridgehead atoms. The molecule has 2 atom stereocenters. The molecule has 24 heavy (non-hydrogen) atoms. The summed E-state index contributed by atoms with van der Waals surface area (Å²) in [5.41, 5.74) is 9.00. The number of amides is 1. The van der Waals surface area contributed by atoms with Crippen molar-refractivity contribution in [2.75, 3.05) is 6.61 Å². The van der Waals surface area contributed by atoms with E-state index in [1.807, 2.05) is 26.0 Å². The first-order chi connectivity index (χ1) is 11.4. The smallest absolute Gasteiger partial charge is 0.267 e. The van der Waals surface area contributed by atoms with Crippen LogP contribution in [-0.4, -0.2) is 29.8 Å². The summed E-state index contributed by atoms with van der Waals surface area (Å²) < 4.78 is 5.45.